The summed E-state index contributed by atoms with van der Waals surface area (Å²) in [6.07, 6.45) is 0. The second kappa shape index (κ2) is 24.5. The van der Waals surface area contributed by atoms with Crippen LogP contribution in [0.1, 0.15) is 0 Å². The SMILES string of the molecule is c1ccc(-c2cccc(N3c4cccc5c4B(c4ccc(N(c6ccccc6)c6ccccc6)cc4N5c4ccccc4)c4sc5ccccc5c43)c2)cc1.c1ccc(N(c2ccccc2)c2ccc3ccc4c(N(c5ccccc5)c5ccccc5)ccc5ccc2c3c54)cc1. The van der Waals surface area contributed by atoms with Gasteiger partial charge in [-0.05, 0) is 183 Å². The molecule has 17 aromatic rings. The molecule has 19 rings (SSSR count). The largest absolute Gasteiger partial charge is 0.311 e. The van der Waals surface area contributed by atoms with Crippen molar-refractivity contribution in [2.24, 2.45) is 0 Å². The molecule has 7 heteroatoms. The van der Waals surface area contributed by atoms with Gasteiger partial charge >= 0.3 is 0 Å². The van der Waals surface area contributed by atoms with Crippen LogP contribution in [-0.2, 0) is 0 Å². The van der Waals surface area contributed by atoms with E-state index in [1.807, 2.05) is 11.3 Å². The molecule has 0 aliphatic carbocycles. The van der Waals surface area contributed by atoms with Gasteiger partial charge in [0.05, 0.1) is 17.1 Å². The fraction of sp³-hybridized carbons (Fsp3) is 0. The first kappa shape index (κ1) is 57.3. The van der Waals surface area contributed by atoms with Crippen LogP contribution in [0.5, 0.6) is 0 Å². The van der Waals surface area contributed by atoms with Gasteiger partial charge in [-0.3, -0.25) is 0 Å². The standard InChI is InChI=1S/C50H34BN3S.C40H28N2/c1-5-17-35(18-6-1)36-19-15-26-40(33-36)54-45-29-16-28-44-48(45)51(50-49(54)42-27-13-14-30-47(42)55-50)43-32-31-41(34-46(43)53(44)39-24-11-4-12-25-39)52(37-20-7-2-8-21-37)38-22-9-3-10-23-38;1-5-13-31(14-6-1)41(32-15-7-2-8-16-32)37-27-23-29-22-26-36-38(28-24-30-21-25-35(37)39(29)40(30)36)42(33-17-9-3-10-18-33)34-19-11-4-12-20-34/h1-34H;1-28H. The lowest BCUT2D eigenvalue weighted by molar-refractivity contribution is 1.24. The Kier molecular flexibility index (Phi) is 14.5. The van der Waals surface area contributed by atoms with Crippen molar-refractivity contribution in [1.29, 1.82) is 0 Å². The summed E-state index contributed by atoms with van der Waals surface area (Å²) in [6, 6.07) is 136. The van der Waals surface area contributed by atoms with Crippen LogP contribution >= 0.6 is 11.3 Å². The van der Waals surface area contributed by atoms with Gasteiger partial charge in [0, 0.05) is 93.9 Å². The van der Waals surface area contributed by atoms with E-state index in [0.29, 0.717) is 0 Å². The molecule has 0 unspecified atom stereocenters. The van der Waals surface area contributed by atoms with Crippen molar-refractivity contribution in [1.82, 2.24) is 0 Å². The molecular formula is C90H62BN5S. The minimum atomic E-state index is 0.0538. The van der Waals surface area contributed by atoms with Gasteiger partial charge in [0.2, 0.25) is 0 Å². The fourth-order valence-electron chi connectivity index (χ4n) is 15.0. The number of anilines is 15. The monoisotopic (exact) mass is 1260 g/mol. The molecule has 0 amide bonds. The van der Waals surface area contributed by atoms with Crippen molar-refractivity contribution >= 4 is 161 Å². The van der Waals surface area contributed by atoms with E-state index in [1.54, 1.807) is 0 Å². The van der Waals surface area contributed by atoms with Gasteiger partial charge in [0.25, 0.3) is 6.71 Å². The summed E-state index contributed by atoms with van der Waals surface area (Å²) in [4.78, 5) is 12.1. The van der Waals surface area contributed by atoms with E-state index in [0.717, 1.165) is 51.2 Å². The van der Waals surface area contributed by atoms with Crippen molar-refractivity contribution in [3.63, 3.8) is 0 Å². The van der Waals surface area contributed by atoms with Crippen LogP contribution in [0.15, 0.2) is 376 Å². The van der Waals surface area contributed by atoms with Gasteiger partial charge in [-0.2, -0.15) is 0 Å². The van der Waals surface area contributed by atoms with Crippen LogP contribution in [0.2, 0.25) is 0 Å². The average molecular weight is 1260 g/mol. The molecule has 0 saturated carbocycles. The zero-order chi connectivity index (χ0) is 64.2. The Labute approximate surface area is 569 Å². The molecule has 456 valence electrons. The van der Waals surface area contributed by atoms with Crippen LogP contribution in [0, 0.1) is 0 Å². The third kappa shape index (κ3) is 10.0. The lowest BCUT2D eigenvalue weighted by Crippen LogP contribution is -2.60. The number of rotatable bonds is 12. The summed E-state index contributed by atoms with van der Waals surface area (Å²) < 4.78 is 2.67. The summed E-state index contributed by atoms with van der Waals surface area (Å²) in [5.41, 5.74) is 22.5. The smallest absolute Gasteiger partial charge is 0.264 e. The molecule has 0 radical (unpaired) electrons. The molecule has 0 fully saturated rings. The van der Waals surface area contributed by atoms with Gasteiger partial charge in [0.15, 0.2) is 0 Å². The summed E-state index contributed by atoms with van der Waals surface area (Å²) in [5.74, 6) is 0. The van der Waals surface area contributed by atoms with Crippen LogP contribution in [0.25, 0.3) is 53.5 Å². The average Bonchev–Trinajstić information content (AvgIpc) is 1.69. The van der Waals surface area contributed by atoms with Crippen LogP contribution in [0.4, 0.5) is 85.3 Å². The van der Waals surface area contributed by atoms with Crippen molar-refractivity contribution < 1.29 is 0 Å². The van der Waals surface area contributed by atoms with Gasteiger partial charge in [-0.25, -0.2) is 0 Å². The number of thiophene rings is 1. The van der Waals surface area contributed by atoms with Crippen molar-refractivity contribution in [2.75, 3.05) is 24.5 Å². The zero-order valence-electron chi connectivity index (χ0n) is 53.0. The zero-order valence-corrected chi connectivity index (χ0v) is 53.8. The normalized spacial score (nSPS) is 12.1. The van der Waals surface area contributed by atoms with E-state index in [1.165, 1.54) is 103 Å². The maximum atomic E-state index is 2.53. The number of para-hydroxylation sites is 7. The number of benzene rings is 16. The Bertz CT molecular complexity index is 5390. The Balaban J connectivity index is 0.000000146. The highest BCUT2D eigenvalue weighted by Crippen LogP contribution is 2.51. The molecule has 5 nitrogen and oxygen atoms in total. The van der Waals surface area contributed by atoms with Gasteiger partial charge < -0.3 is 24.5 Å². The van der Waals surface area contributed by atoms with E-state index in [-0.39, 0.29) is 6.71 Å². The lowest BCUT2D eigenvalue weighted by atomic mass is 9.36. The van der Waals surface area contributed by atoms with E-state index in [4.69, 9.17) is 0 Å². The van der Waals surface area contributed by atoms with E-state index in [2.05, 4.69) is 401 Å². The molecule has 0 N–H and O–H groups in total. The molecule has 0 bridgehead atoms. The Morgan fingerprint density at radius 1 is 0.268 bits per heavy atom. The summed E-state index contributed by atoms with van der Waals surface area (Å²) in [7, 11) is 0. The second-order valence-electron chi connectivity index (χ2n) is 24.7. The fourth-order valence-corrected chi connectivity index (χ4v) is 16.3. The number of nitrogens with zero attached hydrogens (tertiary/aromatic N) is 5. The molecular weight excluding hydrogens is 1190 g/mol. The second-order valence-corrected chi connectivity index (χ2v) is 25.8. The predicted molar refractivity (Wildman–Crippen MR) is 415 cm³/mol. The third-order valence-corrected chi connectivity index (χ3v) is 20.4. The molecule has 1 aromatic heterocycles. The molecule has 0 saturated heterocycles. The summed E-state index contributed by atoms with van der Waals surface area (Å²) >= 11 is 1.93. The Morgan fingerprint density at radius 2 is 0.680 bits per heavy atom. The number of hydrogen-bond acceptors (Lipinski definition) is 6. The third-order valence-electron chi connectivity index (χ3n) is 19.1. The first-order valence-corrected chi connectivity index (χ1v) is 34.0. The highest BCUT2D eigenvalue weighted by Gasteiger charge is 2.45. The Hall–Kier alpha value is -12.4. The van der Waals surface area contributed by atoms with Gasteiger partial charge in [-0.1, -0.05) is 237 Å². The van der Waals surface area contributed by atoms with E-state index < -0.39 is 0 Å². The van der Waals surface area contributed by atoms with Crippen LogP contribution in [0.3, 0.4) is 0 Å². The molecule has 2 aliphatic heterocycles. The summed E-state index contributed by atoms with van der Waals surface area (Å²) in [5, 5.41) is 8.84. The van der Waals surface area contributed by atoms with Crippen molar-refractivity contribution in [2.45, 2.75) is 0 Å². The van der Waals surface area contributed by atoms with Crippen LogP contribution in [-0.4, -0.2) is 6.71 Å². The van der Waals surface area contributed by atoms with Crippen molar-refractivity contribution in [3.8, 4) is 11.1 Å². The lowest BCUT2D eigenvalue weighted by Gasteiger charge is -2.43. The number of hydrogen-bond donors (Lipinski definition) is 0. The van der Waals surface area contributed by atoms with Gasteiger partial charge in [0.1, 0.15) is 0 Å². The highest BCUT2D eigenvalue weighted by molar-refractivity contribution is 7.33. The topological polar surface area (TPSA) is 16.2 Å². The molecule has 97 heavy (non-hydrogen) atoms. The molecule has 0 spiro atoms. The molecule has 2 aliphatic rings. The molecule has 16 aromatic carbocycles. The van der Waals surface area contributed by atoms with E-state index >= 15 is 0 Å². The maximum absolute atomic E-state index is 2.53. The molecule has 0 atom stereocenters. The predicted octanol–water partition coefficient (Wildman–Crippen LogP) is 23.6. The number of fused-ring (bicyclic) bond motifs is 6. The highest BCUT2D eigenvalue weighted by atomic mass is 32.1. The quantitative estimate of drug-likeness (QED) is 0.0892. The minimum absolute atomic E-state index is 0.0538. The Morgan fingerprint density at radius 3 is 1.20 bits per heavy atom. The maximum Gasteiger partial charge on any atom is 0.264 e. The van der Waals surface area contributed by atoms with E-state index in [9.17, 15) is 0 Å². The minimum Gasteiger partial charge on any atom is -0.311 e. The van der Waals surface area contributed by atoms with Crippen LogP contribution < -0.4 is 40.2 Å². The van der Waals surface area contributed by atoms with Crippen molar-refractivity contribution in [3.05, 3.63) is 376 Å². The first-order valence-electron chi connectivity index (χ1n) is 33.2. The summed E-state index contributed by atoms with van der Waals surface area (Å²) in [6.45, 7) is 0.0538. The molecule has 3 heterocycles. The first-order chi connectivity index (χ1) is 48.2. The van der Waals surface area contributed by atoms with Gasteiger partial charge in [-0.15, -0.1) is 11.3 Å².